The number of amides is 1. The van der Waals surface area contributed by atoms with Crippen molar-refractivity contribution in [2.45, 2.75) is 18.9 Å². The summed E-state index contributed by atoms with van der Waals surface area (Å²) < 4.78 is 5.27. The average molecular weight is 346 g/mol. The lowest BCUT2D eigenvalue weighted by molar-refractivity contribution is -0.117. The van der Waals surface area contributed by atoms with E-state index in [4.69, 9.17) is 16.3 Å². The molecule has 5 nitrogen and oxygen atoms in total. The molecule has 2 aromatic rings. The summed E-state index contributed by atoms with van der Waals surface area (Å²) in [5, 5.41) is 3.46. The fourth-order valence-corrected chi connectivity index (χ4v) is 3.30. The van der Waals surface area contributed by atoms with Crippen LogP contribution in [0.3, 0.4) is 0 Å². The van der Waals surface area contributed by atoms with Crippen LogP contribution in [0.5, 0.6) is 5.75 Å². The fraction of sp³-hybridized carbons (Fsp3) is 0.333. The molecular weight excluding hydrogens is 326 g/mol. The normalized spacial score (nSPS) is 17.7. The highest BCUT2D eigenvalue weighted by atomic mass is 35.5. The highest BCUT2D eigenvalue weighted by Crippen LogP contribution is 2.32. The molecule has 1 aliphatic rings. The number of pyridine rings is 1. The van der Waals surface area contributed by atoms with Gasteiger partial charge in [-0.25, -0.2) is 0 Å². The van der Waals surface area contributed by atoms with Crippen LogP contribution in [-0.4, -0.2) is 36.0 Å². The van der Waals surface area contributed by atoms with Gasteiger partial charge in [0.2, 0.25) is 5.91 Å². The largest absolute Gasteiger partial charge is 0.495 e. The van der Waals surface area contributed by atoms with Crippen LogP contribution in [0, 0.1) is 0 Å². The quantitative estimate of drug-likeness (QED) is 0.900. The molecular formula is C18H20ClN3O2. The second-order valence-electron chi connectivity index (χ2n) is 5.80. The number of halogens is 1. The van der Waals surface area contributed by atoms with Crippen molar-refractivity contribution in [3.8, 4) is 5.75 Å². The smallest absolute Gasteiger partial charge is 0.238 e. The Labute approximate surface area is 146 Å². The summed E-state index contributed by atoms with van der Waals surface area (Å²) in [6.07, 6.45) is 5.73. The monoisotopic (exact) mass is 345 g/mol. The standard InChI is InChI=1S/C18H20ClN3O2/c1-24-17-5-4-14(19)11-15(17)21-18(23)12-22-10-2-3-16(22)13-6-8-20-9-7-13/h4-9,11,16H,2-3,10,12H2,1H3,(H,21,23). The molecule has 1 fully saturated rings. The first-order chi connectivity index (χ1) is 11.7. The SMILES string of the molecule is COc1ccc(Cl)cc1NC(=O)CN1CCCC1c1ccncc1. The zero-order chi connectivity index (χ0) is 16.9. The van der Waals surface area contributed by atoms with Crippen molar-refractivity contribution in [1.29, 1.82) is 0 Å². The number of carbonyl (C=O) groups excluding carboxylic acids is 1. The molecule has 24 heavy (non-hydrogen) atoms. The number of anilines is 1. The Hall–Kier alpha value is -2.11. The first kappa shape index (κ1) is 16.7. The van der Waals surface area contributed by atoms with E-state index in [1.54, 1.807) is 37.7 Å². The van der Waals surface area contributed by atoms with Gasteiger partial charge in [0.05, 0.1) is 19.3 Å². The van der Waals surface area contributed by atoms with Crippen molar-refractivity contribution >= 4 is 23.2 Å². The van der Waals surface area contributed by atoms with Crippen LogP contribution < -0.4 is 10.1 Å². The summed E-state index contributed by atoms with van der Waals surface area (Å²) in [6.45, 7) is 1.25. The molecule has 0 bridgehead atoms. The lowest BCUT2D eigenvalue weighted by Gasteiger charge is -2.24. The maximum atomic E-state index is 12.5. The van der Waals surface area contributed by atoms with Gasteiger partial charge in [-0.3, -0.25) is 14.7 Å². The number of likely N-dealkylation sites (tertiary alicyclic amines) is 1. The lowest BCUT2D eigenvalue weighted by Crippen LogP contribution is -2.33. The molecule has 0 spiro atoms. The van der Waals surface area contributed by atoms with Gasteiger partial charge >= 0.3 is 0 Å². The summed E-state index contributed by atoms with van der Waals surface area (Å²) in [5.41, 5.74) is 1.80. The van der Waals surface area contributed by atoms with E-state index in [9.17, 15) is 4.79 Å². The van der Waals surface area contributed by atoms with E-state index in [1.807, 2.05) is 12.1 Å². The van der Waals surface area contributed by atoms with Crippen molar-refractivity contribution in [3.05, 3.63) is 53.3 Å². The molecule has 6 heteroatoms. The van der Waals surface area contributed by atoms with Crippen LogP contribution in [0.4, 0.5) is 5.69 Å². The van der Waals surface area contributed by atoms with Crippen LogP contribution in [0.25, 0.3) is 0 Å². The number of hydrogen-bond acceptors (Lipinski definition) is 4. The van der Waals surface area contributed by atoms with Gasteiger partial charge in [0.15, 0.2) is 0 Å². The number of rotatable bonds is 5. The van der Waals surface area contributed by atoms with Gasteiger partial charge in [-0.15, -0.1) is 0 Å². The maximum absolute atomic E-state index is 12.5. The van der Waals surface area contributed by atoms with Gasteiger partial charge in [0, 0.05) is 23.5 Å². The fourth-order valence-electron chi connectivity index (χ4n) is 3.13. The van der Waals surface area contributed by atoms with Crippen LogP contribution in [0.15, 0.2) is 42.7 Å². The van der Waals surface area contributed by atoms with Crippen LogP contribution in [0.1, 0.15) is 24.4 Å². The summed E-state index contributed by atoms with van der Waals surface area (Å²) in [5.74, 6) is 0.524. The highest BCUT2D eigenvalue weighted by Gasteiger charge is 2.27. The Kier molecular flexibility index (Phi) is 5.33. The number of carbonyl (C=O) groups is 1. The van der Waals surface area contributed by atoms with Crippen LogP contribution in [-0.2, 0) is 4.79 Å². The van der Waals surface area contributed by atoms with Crippen molar-refractivity contribution in [1.82, 2.24) is 9.88 Å². The number of methoxy groups -OCH3 is 1. The van der Waals surface area contributed by atoms with Gasteiger partial charge < -0.3 is 10.1 Å². The molecule has 1 aliphatic heterocycles. The summed E-state index contributed by atoms with van der Waals surface area (Å²) in [4.78, 5) is 18.7. The van der Waals surface area contributed by atoms with Crippen LogP contribution in [0.2, 0.25) is 5.02 Å². The third-order valence-corrected chi connectivity index (χ3v) is 4.47. The molecule has 1 aromatic carbocycles. The molecule has 1 saturated heterocycles. The van der Waals surface area contributed by atoms with Crippen molar-refractivity contribution in [2.75, 3.05) is 25.5 Å². The Morgan fingerprint density at radius 1 is 1.38 bits per heavy atom. The van der Waals surface area contributed by atoms with E-state index in [2.05, 4.69) is 15.2 Å². The van der Waals surface area contributed by atoms with Crippen LogP contribution >= 0.6 is 11.6 Å². The highest BCUT2D eigenvalue weighted by molar-refractivity contribution is 6.31. The molecule has 1 unspecified atom stereocenters. The van der Waals surface area contributed by atoms with Crippen molar-refractivity contribution in [2.24, 2.45) is 0 Å². The molecule has 0 radical (unpaired) electrons. The molecule has 2 heterocycles. The second-order valence-corrected chi connectivity index (χ2v) is 6.24. The Bertz CT molecular complexity index is 709. The zero-order valence-corrected chi connectivity index (χ0v) is 14.3. The summed E-state index contributed by atoms with van der Waals surface area (Å²) in [6, 6.07) is 9.47. The molecule has 126 valence electrons. The average Bonchev–Trinajstić information content (AvgIpc) is 3.04. The van der Waals surface area contributed by atoms with Gasteiger partial charge in [0.1, 0.15) is 5.75 Å². The third kappa shape index (κ3) is 3.86. The second kappa shape index (κ2) is 7.64. The molecule has 1 aromatic heterocycles. The van der Waals surface area contributed by atoms with E-state index in [1.165, 1.54) is 5.56 Å². The van der Waals surface area contributed by atoms with E-state index in [-0.39, 0.29) is 11.9 Å². The molecule has 1 N–H and O–H groups in total. The van der Waals surface area contributed by atoms with Crippen molar-refractivity contribution in [3.63, 3.8) is 0 Å². The third-order valence-electron chi connectivity index (χ3n) is 4.24. The summed E-state index contributed by atoms with van der Waals surface area (Å²) >= 11 is 6.01. The Morgan fingerprint density at radius 3 is 2.92 bits per heavy atom. The molecule has 1 atom stereocenters. The summed E-state index contributed by atoms with van der Waals surface area (Å²) in [7, 11) is 1.57. The zero-order valence-electron chi connectivity index (χ0n) is 13.5. The minimum atomic E-state index is -0.0727. The maximum Gasteiger partial charge on any atom is 0.238 e. The van der Waals surface area contributed by atoms with E-state index in [0.29, 0.717) is 23.0 Å². The number of aromatic nitrogens is 1. The lowest BCUT2D eigenvalue weighted by atomic mass is 10.1. The number of nitrogens with zero attached hydrogens (tertiary/aromatic N) is 2. The number of nitrogens with one attached hydrogen (secondary N) is 1. The minimum absolute atomic E-state index is 0.0727. The Morgan fingerprint density at radius 2 is 2.17 bits per heavy atom. The van der Waals surface area contributed by atoms with Gasteiger partial charge in [-0.1, -0.05) is 11.6 Å². The van der Waals surface area contributed by atoms with Gasteiger partial charge in [0.25, 0.3) is 0 Å². The molecule has 0 saturated carbocycles. The first-order valence-corrected chi connectivity index (χ1v) is 8.32. The molecule has 3 rings (SSSR count). The predicted octanol–water partition coefficient (Wildman–Crippen LogP) is 3.52. The van der Waals surface area contributed by atoms with Crippen molar-refractivity contribution < 1.29 is 9.53 Å². The van der Waals surface area contributed by atoms with E-state index in [0.717, 1.165) is 19.4 Å². The number of hydrogen-bond donors (Lipinski definition) is 1. The van der Waals surface area contributed by atoms with E-state index < -0.39 is 0 Å². The van der Waals surface area contributed by atoms with Gasteiger partial charge in [-0.05, 0) is 55.3 Å². The topological polar surface area (TPSA) is 54.5 Å². The minimum Gasteiger partial charge on any atom is -0.495 e. The van der Waals surface area contributed by atoms with Gasteiger partial charge in [-0.2, -0.15) is 0 Å². The Balaban J connectivity index is 1.67. The van der Waals surface area contributed by atoms with E-state index >= 15 is 0 Å². The predicted molar refractivity (Wildman–Crippen MR) is 94.4 cm³/mol. The number of benzene rings is 1. The first-order valence-electron chi connectivity index (χ1n) is 7.95. The number of ether oxygens (including phenoxy) is 1. The molecule has 0 aliphatic carbocycles. The molecule has 1 amide bonds.